The maximum Gasteiger partial charge on any atom is 0.191 e. The van der Waals surface area contributed by atoms with Crippen LogP contribution in [-0.2, 0) is 11.2 Å². The third kappa shape index (κ3) is 7.09. The van der Waals surface area contributed by atoms with Gasteiger partial charge in [-0.1, -0.05) is 60.7 Å². The van der Waals surface area contributed by atoms with Crippen molar-refractivity contribution in [1.29, 1.82) is 0 Å². The van der Waals surface area contributed by atoms with Crippen molar-refractivity contribution in [2.24, 2.45) is 10.9 Å². The van der Waals surface area contributed by atoms with E-state index in [0.29, 0.717) is 5.92 Å². The van der Waals surface area contributed by atoms with Crippen molar-refractivity contribution in [2.75, 3.05) is 26.2 Å². The normalized spacial score (nSPS) is 19.5. The van der Waals surface area contributed by atoms with Crippen molar-refractivity contribution in [3.05, 3.63) is 71.8 Å². The minimum Gasteiger partial charge on any atom is -0.373 e. The maximum atomic E-state index is 6.10. The van der Waals surface area contributed by atoms with Gasteiger partial charge in [0, 0.05) is 32.2 Å². The molecule has 0 aliphatic carbocycles. The van der Waals surface area contributed by atoms with Gasteiger partial charge in [0.1, 0.15) is 0 Å². The molecule has 152 valence electrons. The predicted octanol–water partition coefficient (Wildman–Crippen LogP) is 4.57. The molecular weight excluding hydrogens is 461 g/mol. The second-order valence-electron chi connectivity index (χ2n) is 6.99. The van der Waals surface area contributed by atoms with Gasteiger partial charge in [-0.15, -0.1) is 24.0 Å². The van der Waals surface area contributed by atoms with E-state index < -0.39 is 0 Å². The number of guanidine groups is 1. The van der Waals surface area contributed by atoms with Gasteiger partial charge < -0.3 is 15.4 Å². The topological polar surface area (TPSA) is 45.7 Å². The number of ether oxygens (including phenoxy) is 1. The van der Waals surface area contributed by atoms with Crippen LogP contribution in [0.25, 0.3) is 0 Å². The Morgan fingerprint density at radius 3 is 2.46 bits per heavy atom. The van der Waals surface area contributed by atoms with Crippen LogP contribution in [0.15, 0.2) is 65.7 Å². The molecule has 5 heteroatoms. The van der Waals surface area contributed by atoms with E-state index in [4.69, 9.17) is 9.73 Å². The summed E-state index contributed by atoms with van der Waals surface area (Å²) < 4.78 is 6.10. The van der Waals surface area contributed by atoms with E-state index in [0.717, 1.165) is 51.5 Å². The first-order chi connectivity index (χ1) is 13.4. The molecule has 1 heterocycles. The van der Waals surface area contributed by atoms with Gasteiger partial charge in [-0.3, -0.25) is 4.99 Å². The molecule has 1 saturated heterocycles. The lowest BCUT2D eigenvalue weighted by Gasteiger charge is -2.31. The minimum absolute atomic E-state index is 0. The van der Waals surface area contributed by atoms with Crippen molar-refractivity contribution >= 4 is 29.9 Å². The zero-order valence-corrected chi connectivity index (χ0v) is 19.0. The summed E-state index contributed by atoms with van der Waals surface area (Å²) in [7, 11) is 0. The van der Waals surface area contributed by atoms with Gasteiger partial charge in [0.15, 0.2) is 5.96 Å². The van der Waals surface area contributed by atoms with E-state index in [1.807, 2.05) is 0 Å². The summed E-state index contributed by atoms with van der Waals surface area (Å²) >= 11 is 0. The van der Waals surface area contributed by atoms with E-state index in [1.54, 1.807) is 0 Å². The lowest BCUT2D eigenvalue weighted by molar-refractivity contribution is -0.0250. The zero-order chi connectivity index (χ0) is 18.7. The second kappa shape index (κ2) is 12.8. The number of nitrogens with zero attached hydrogens (tertiary/aromatic N) is 1. The summed E-state index contributed by atoms with van der Waals surface area (Å²) in [6.07, 6.45) is 3.41. The largest absolute Gasteiger partial charge is 0.373 e. The molecule has 3 rings (SSSR count). The molecule has 2 aromatic rings. The van der Waals surface area contributed by atoms with Crippen LogP contribution in [0.4, 0.5) is 0 Å². The molecule has 0 bridgehead atoms. The molecule has 0 spiro atoms. The zero-order valence-electron chi connectivity index (χ0n) is 16.6. The van der Waals surface area contributed by atoms with Gasteiger partial charge in [-0.25, -0.2) is 0 Å². The van der Waals surface area contributed by atoms with Crippen molar-refractivity contribution in [2.45, 2.75) is 32.3 Å². The van der Waals surface area contributed by atoms with Gasteiger partial charge in [-0.2, -0.15) is 0 Å². The Bertz CT molecular complexity index is 694. The molecule has 2 atom stereocenters. The van der Waals surface area contributed by atoms with E-state index >= 15 is 0 Å². The molecule has 2 unspecified atom stereocenters. The summed E-state index contributed by atoms with van der Waals surface area (Å²) in [5.74, 6) is 1.32. The molecule has 0 radical (unpaired) electrons. The number of aliphatic imine (C=N–C) groups is 1. The van der Waals surface area contributed by atoms with Crippen LogP contribution in [0.2, 0.25) is 0 Å². The van der Waals surface area contributed by atoms with Gasteiger partial charge in [-0.05, 0) is 37.3 Å². The second-order valence-corrected chi connectivity index (χ2v) is 6.99. The van der Waals surface area contributed by atoms with Crippen LogP contribution in [0.5, 0.6) is 0 Å². The Balaban J connectivity index is 0.00000280. The number of rotatable bonds is 7. The fraction of sp³-hybridized carbons (Fsp3) is 0.435. The molecule has 1 aliphatic heterocycles. The highest BCUT2D eigenvalue weighted by molar-refractivity contribution is 14.0. The maximum absolute atomic E-state index is 6.10. The summed E-state index contributed by atoms with van der Waals surface area (Å²) in [4.78, 5) is 4.86. The Kier molecular flexibility index (Phi) is 10.4. The first kappa shape index (κ1) is 22.7. The molecule has 1 fully saturated rings. The lowest BCUT2D eigenvalue weighted by atomic mass is 9.89. The molecule has 4 nitrogen and oxygen atoms in total. The van der Waals surface area contributed by atoms with Crippen LogP contribution in [-0.4, -0.2) is 32.2 Å². The summed E-state index contributed by atoms with van der Waals surface area (Å²) in [6, 6.07) is 21.1. The van der Waals surface area contributed by atoms with E-state index in [9.17, 15) is 0 Å². The van der Waals surface area contributed by atoms with E-state index in [-0.39, 0.29) is 30.1 Å². The summed E-state index contributed by atoms with van der Waals surface area (Å²) in [5, 5.41) is 6.82. The minimum atomic E-state index is 0. The molecular formula is C23H32IN3O. The average Bonchev–Trinajstić information content (AvgIpc) is 2.74. The van der Waals surface area contributed by atoms with Crippen LogP contribution < -0.4 is 10.6 Å². The van der Waals surface area contributed by atoms with Gasteiger partial charge in [0.25, 0.3) is 0 Å². The first-order valence-corrected chi connectivity index (χ1v) is 10.1. The summed E-state index contributed by atoms with van der Waals surface area (Å²) in [5.41, 5.74) is 2.60. The predicted molar refractivity (Wildman–Crippen MR) is 127 cm³/mol. The van der Waals surface area contributed by atoms with E-state index in [2.05, 4.69) is 78.2 Å². The van der Waals surface area contributed by atoms with Crippen molar-refractivity contribution in [1.82, 2.24) is 10.6 Å². The Labute approximate surface area is 186 Å². The van der Waals surface area contributed by atoms with Crippen LogP contribution >= 0.6 is 24.0 Å². The first-order valence-electron chi connectivity index (χ1n) is 10.1. The van der Waals surface area contributed by atoms with Crippen molar-refractivity contribution in [3.63, 3.8) is 0 Å². The monoisotopic (exact) mass is 493 g/mol. The molecule has 0 saturated carbocycles. The quantitative estimate of drug-likeness (QED) is 0.338. The molecule has 1 aliphatic rings. The molecule has 0 amide bonds. The van der Waals surface area contributed by atoms with Crippen LogP contribution in [0.1, 0.15) is 37.0 Å². The molecule has 0 aromatic heterocycles. The van der Waals surface area contributed by atoms with Crippen molar-refractivity contribution in [3.8, 4) is 0 Å². The highest BCUT2D eigenvalue weighted by atomic mass is 127. The Hall–Kier alpha value is -1.60. The highest BCUT2D eigenvalue weighted by Gasteiger charge is 2.27. The van der Waals surface area contributed by atoms with Gasteiger partial charge in [0.05, 0.1) is 6.10 Å². The fourth-order valence-electron chi connectivity index (χ4n) is 3.56. The number of hydrogen-bond acceptors (Lipinski definition) is 2. The summed E-state index contributed by atoms with van der Waals surface area (Å²) in [6.45, 7) is 5.46. The fourth-order valence-corrected chi connectivity index (χ4v) is 3.56. The SMILES string of the molecule is CCNC(=NCC1CCCOC1c1ccccc1)NCCc1ccccc1.I. The smallest absolute Gasteiger partial charge is 0.191 e. The molecule has 2 aromatic carbocycles. The van der Waals surface area contributed by atoms with Crippen LogP contribution in [0, 0.1) is 5.92 Å². The van der Waals surface area contributed by atoms with Gasteiger partial charge in [0.2, 0.25) is 0 Å². The number of benzene rings is 2. The van der Waals surface area contributed by atoms with E-state index in [1.165, 1.54) is 11.1 Å². The lowest BCUT2D eigenvalue weighted by Crippen LogP contribution is -2.39. The molecule has 28 heavy (non-hydrogen) atoms. The third-order valence-corrected chi connectivity index (χ3v) is 4.95. The number of hydrogen-bond donors (Lipinski definition) is 2. The third-order valence-electron chi connectivity index (χ3n) is 4.95. The average molecular weight is 493 g/mol. The van der Waals surface area contributed by atoms with Crippen molar-refractivity contribution < 1.29 is 4.74 Å². The number of halogens is 1. The highest BCUT2D eigenvalue weighted by Crippen LogP contribution is 2.33. The molecule has 2 N–H and O–H groups in total. The Morgan fingerprint density at radius 2 is 1.75 bits per heavy atom. The number of nitrogens with one attached hydrogen (secondary N) is 2. The Morgan fingerprint density at radius 1 is 1.04 bits per heavy atom. The van der Waals surface area contributed by atoms with Gasteiger partial charge >= 0.3 is 0 Å². The standard InChI is InChI=1S/C23H31N3O.HI/c1-2-24-23(25-16-15-19-10-5-3-6-11-19)26-18-21-14-9-17-27-22(21)20-12-7-4-8-13-20;/h3-8,10-13,21-22H,2,9,14-18H2,1H3,(H2,24,25,26);1H. The van der Waals surface area contributed by atoms with Crippen LogP contribution in [0.3, 0.4) is 0 Å².